The molecule has 2 aromatic carbocycles. The van der Waals surface area contributed by atoms with Gasteiger partial charge in [-0.2, -0.15) is 9.29 Å². The molecule has 0 amide bonds. The maximum absolute atomic E-state index is 13.5. The van der Waals surface area contributed by atoms with Crippen LogP contribution in [-0.2, 0) is 10.0 Å². The zero-order chi connectivity index (χ0) is 32.0. The van der Waals surface area contributed by atoms with Crippen LogP contribution in [0.2, 0.25) is 5.02 Å². The Balaban J connectivity index is 1.62. The van der Waals surface area contributed by atoms with E-state index in [9.17, 15) is 8.42 Å². The summed E-state index contributed by atoms with van der Waals surface area (Å²) in [6.07, 6.45) is 6.87. The molecule has 2 N–H and O–H groups in total. The molecule has 0 saturated heterocycles. The molecule has 4 rings (SSSR count). The van der Waals surface area contributed by atoms with Crippen molar-refractivity contribution in [3.8, 4) is 5.75 Å². The van der Waals surface area contributed by atoms with E-state index in [1.165, 1.54) is 34.5 Å². The number of sulfonamides is 1. The van der Waals surface area contributed by atoms with E-state index < -0.39 is 10.0 Å². The predicted octanol–water partition coefficient (Wildman–Crippen LogP) is 7.72. The Bertz CT molecular complexity index is 1520. The van der Waals surface area contributed by atoms with Gasteiger partial charge < -0.3 is 20.3 Å². The zero-order valence-corrected chi connectivity index (χ0v) is 28.6. The van der Waals surface area contributed by atoms with Gasteiger partial charge in [0.2, 0.25) is 16.0 Å². The van der Waals surface area contributed by atoms with Crippen LogP contribution in [0.4, 0.5) is 23.1 Å². The summed E-state index contributed by atoms with van der Waals surface area (Å²) in [5, 5.41) is 6.75. The van der Waals surface area contributed by atoms with Crippen LogP contribution in [0.5, 0.6) is 5.75 Å². The fraction of sp³-hybridized carbons (Fsp3) is 0.515. The molecule has 0 aliphatic heterocycles. The number of aryl methyl sites for hydroxylation is 1. The van der Waals surface area contributed by atoms with Gasteiger partial charge in [0.05, 0.1) is 23.7 Å². The lowest BCUT2D eigenvalue weighted by atomic mass is 9.80. The van der Waals surface area contributed by atoms with Gasteiger partial charge in [0.25, 0.3) is 0 Å². The molecule has 44 heavy (non-hydrogen) atoms. The Morgan fingerprint density at radius 2 is 1.75 bits per heavy atom. The third-order valence-corrected chi connectivity index (χ3v) is 10.5. The predicted molar refractivity (Wildman–Crippen MR) is 180 cm³/mol. The van der Waals surface area contributed by atoms with Gasteiger partial charge in [-0.15, -0.1) is 0 Å². The van der Waals surface area contributed by atoms with E-state index in [0.29, 0.717) is 42.5 Å². The minimum Gasteiger partial charge on any atom is -0.489 e. The van der Waals surface area contributed by atoms with Crippen molar-refractivity contribution in [2.24, 2.45) is 0 Å². The molecule has 1 aliphatic carbocycles. The molecule has 1 aliphatic rings. The highest BCUT2D eigenvalue weighted by atomic mass is 35.5. The molecule has 9 nitrogen and oxygen atoms in total. The summed E-state index contributed by atoms with van der Waals surface area (Å²) in [4.78, 5) is 11.6. The Morgan fingerprint density at radius 3 is 2.39 bits per heavy atom. The highest BCUT2D eigenvalue weighted by molar-refractivity contribution is 7.89. The summed E-state index contributed by atoms with van der Waals surface area (Å²) in [5.41, 5.74) is 3.67. The van der Waals surface area contributed by atoms with Gasteiger partial charge in [-0.1, -0.05) is 37.6 Å². The van der Waals surface area contributed by atoms with E-state index in [1.54, 1.807) is 24.3 Å². The molecule has 3 aromatic rings. The summed E-state index contributed by atoms with van der Waals surface area (Å²) in [5.74, 6) is 1.85. The smallest absolute Gasteiger partial charge is 0.245 e. The number of nitrogens with zero attached hydrogens (tertiary/aromatic N) is 4. The summed E-state index contributed by atoms with van der Waals surface area (Å²) >= 11 is 6.51. The average Bonchev–Trinajstić information content (AvgIpc) is 2.98. The highest BCUT2D eigenvalue weighted by Crippen LogP contribution is 2.41. The van der Waals surface area contributed by atoms with Crippen LogP contribution >= 0.6 is 11.6 Å². The van der Waals surface area contributed by atoms with Gasteiger partial charge in [0, 0.05) is 19.1 Å². The van der Waals surface area contributed by atoms with E-state index in [-0.39, 0.29) is 16.0 Å². The van der Waals surface area contributed by atoms with Gasteiger partial charge in [-0.05, 0) is 108 Å². The molecule has 0 radical (unpaired) electrons. The molecule has 0 spiro atoms. The highest BCUT2D eigenvalue weighted by Gasteiger charge is 2.27. The second-order valence-corrected chi connectivity index (χ2v) is 14.3. The number of ether oxygens (including phenoxy) is 1. The van der Waals surface area contributed by atoms with Crippen LogP contribution in [0.1, 0.15) is 76.8 Å². The number of hydrogen-bond donors (Lipinski definition) is 2. The van der Waals surface area contributed by atoms with Crippen molar-refractivity contribution in [1.29, 1.82) is 0 Å². The number of nitrogens with one attached hydrogen (secondary N) is 2. The van der Waals surface area contributed by atoms with E-state index in [0.717, 1.165) is 30.7 Å². The monoisotopic (exact) mass is 642 g/mol. The van der Waals surface area contributed by atoms with E-state index >= 15 is 0 Å². The van der Waals surface area contributed by atoms with E-state index in [1.807, 2.05) is 27.7 Å². The van der Waals surface area contributed by atoms with Gasteiger partial charge in [-0.3, -0.25) is 0 Å². The van der Waals surface area contributed by atoms with Gasteiger partial charge in [0.1, 0.15) is 15.7 Å². The standard InChI is InChI=1S/C33H47ClN6O3S/c1-8-18-40(9-2)44(41,42)31-13-11-10-12-28(31)36-32-27(34)21-35-33(38-32)37-29-19-23(5)26(20-30(29)43-22(3)4)24-14-16-25(17-15-24)39(6)7/h10-13,19-22,24-25H,8-9,14-18H2,1-7H3,(H2,35,36,37,38). The lowest BCUT2D eigenvalue weighted by Gasteiger charge is -2.33. The fourth-order valence-electron chi connectivity index (χ4n) is 5.89. The number of hydrogen-bond acceptors (Lipinski definition) is 8. The summed E-state index contributed by atoms with van der Waals surface area (Å²) in [6, 6.07) is 11.7. The number of para-hydroxylation sites is 1. The topological polar surface area (TPSA) is 99.7 Å². The van der Waals surface area contributed by atoms with E-state index in [2.05, 4.69) is 58.7 Å². The first kappa shape index (κ1) is 34.0. The number of rotatable bonds is 13. The van der Waals surface area contributed by atoms with Crippen LogP contribution in [-0.4, -0.2) is 66.9 Å². The molecule has 0 atom stereocenters. The van der Waals surface area contributed by atoms with Crippen LogP contribution in [0.3, 0.4) is 0 Å². The van der Waals surface area contributed by atoms with Crippen molar-refractivity contribution in [3.05, 3.63) is 58.7 Å². The average molecular weight is 643 g/mol. The maximum atomic E-state index is 13.5. The van der Waals surface area contributed by atoms with Crippen molar-refractivity contribution in [1.82, 2.24) is 19.2 Å². The van der Waals surface area contributed by atoms with Crippen molar-refractivity contribution in [3.63, 3.8) is 0 Å². The minimum absolute atomic E-state index is 0.0206. The second-order valence-electron chi connectivity index (χ2n) is 12.0. The normalized spacial score (nSPS) is 17.3. The Labute approximate surface area is 268 Å². The van der Waals surface area contributed by atoms with Gasteiger partial charge >= 0.3 is 0 Å². The molecular weight excluding hydrogens is 596 g/mol. The largest absolute Gasteiger partial charge is 0.489 e. The van der Waals surface area contributed by atoms with Crippen molar-refractivity contribution in [2.45, 2.75) is 89.7 Å². The van der Waals surface area contributed by atoms with Crippen LogP contribution in [0.25, 0.3) is 0 Å². The SMILES string of the molecule is CCCN(CC)S(=O)(=O)c1ccccc1Nc1nc(Nc2cc(C)c(C3CCC(N(C)C)CC3)cc2OC(C)C)ncc1Cl. The molecule has 0 bridgehead atoms. The number of benzene rings is 2. The molecule has 1 fully saturated rings. The van der Waals surface area contributed by atoms with Crippen molar-refractivity contribution in [2.75, 3.05) is 37.8 Å². The number of aromatic nitrogens is 2. The van der Waals surface area contributed by atoms with Gasteiger partial charge in [-0.25, -0.2) is 13.4 Å². The number of halogens is 1. The second kappa shape index (κ2) is 14.9. The maximum Gasteiger partial charge on any atom is 0.245 e. The molecule has 240 valence electrons. The van der Waals surface area contributed by atoms with Crippen LogP contribution < -0.4 is 15.4 Å². The summed E-state index contributed by atoms with van der Waals surface area (Å²) in [7, 11) is 0.603. The third kappa shape index (κ3) is 8.02. The molecule has 0 unspecified atom stereocenters. The van der Waals surface area contributed by atoms with Crippen LogP contribution in [0, 0.1) is 6.92 Å². The Hall–Kier alpha value is -2.92. The third-order valence-electron chi connectivity index (χ3n) is 8.17. The van der Waals surface area contributed by atoms with Gasteiger partial charge in [0.15, 0.2) is 5.82 Å². The summed E-state index contributed by atoms with van der Waals surface area (Å²) in [6.45, 7) is 10.8. The van der Waals surface area contributed by atoms with Crippen molar-refractivity contribution < 1.29 is 13.2 Å². The van der Waals surface area contributed by atoms with Crippen LogP contribution in [0.15, 0.2) is 47.5 Å². The molecule has 1 saturated carbocycles. The van der Waals surface area contributed by atoms with Crippen molar-refractivity contribution >= 4 is 44.8 Å². The number of anilines is 4. The quantitative estimate of drug-likeness (QED) is 0.195. The molecule has 1 heterocycles. The molecule has 1 aromatic heterocycles. The first-order valence-electron chi connectivity index (χ1n) is 15.6. The first-order chi connectivity index (χ1) is 20.9. The summed E-state index contributed by atoms with van der Waals surface area (Å²) < 4.78 is 34.7. The zero-order valence-electron chi connectivity index (χ0n) is 27.0. The minimum atomic E-state index is -3.73. The van der Waals surface area contributed by atoms with E-state index in [4.69, 9.17) is 16.3 Å². The Kier molecular flexibility index (Phi) is 11.5. The lowest BCUT2D eigenvalue weighted by molar-refractivity contribution is 0.215. The lowest BCUT2D eigenvalue weighted by Crippen LogP contribution is -2.32. The molecule has 11 heteroatoms. The Morgan fingerprint density at radius 1 is 1.05 bits per heavy atom. The molecular formula is C33H47ClN6O3S. The first-order valence-corrected chi connectivity index (χ1v) is 17.4. The fourth-order valence-corrected chi connectivity index (χ4v) is 7.72.